The second-order valence-electron chi connectivity index (χ2n) is 3.11. The summed E-state index contributed by atoms with van der Waals surface area (Å²) in [5, 5.41) is 1.29. The van der Waals surface area contributed by atoms with Crippen molar-refractivity contribution in [1.82, 2.24) is 0 Å². The summed E-state index contributed by atoms with van der Waals surface area (Å²) in [6, 6.07) is 20.4. The second-order valence-corrected chi connectivity index (χ2v) is 4.18. The maximum absolute atomic E-state index is 3.20. The van der Waals surface area contributed by atoms with Gasteiger partial charge in [0.15, 0.2) is 0 Å². The molecule has 1 heteroatoms. The maximum atomic E-state index is 3.20. The van der Waals surface area contributed by atoms with Crippen LogP contribution in [-0.2, 0) is 0 Å². The predicted octanol–water partition coefficient (Wildman–Crippen LogP) is 3.00. The minimum atomic E-state index is 0.569. The van der Waals surface area contributed by atoms with Gasteiger partial charge in [-0.05, 0) is 26.0 Å². The SMILES string of the molecule is C(#Cc1ccccc1)Pc1ccccc1. The fourth-order valence-electron chi connectivity index (χ4n) is 1.22. The molecule has 2 aromatic rings. The van der Waals surface area contributed by atoms with Crippen LogP contribution in [0.15, 0.2) is 60.7 Å². The normalized spacial score (nSPS) is 9.87. The molecule has 0 amide bonds. The fourth-order valence-corrected chi connectivity index (χ4v) is 1.93. The zero-order valence-corrected chi connectivity index (χ0v) is 9.27. The van der Waals surface area contributed by atoms with Gasteiger partial charge in [-0.25, -0.2) is 0 Å². The average molecular weight is 210 g/mol. The van der Waals surface area contributed by atoms with E-state index in [0.29, 0.717) is 8.58 Å². The molecule has 0 fully saturated rings. The van der Waals surface area contributed by atoms with Crippen molar-refractivity contribution in [3.63, 3.8) is 0 Å². The Balaban J connectivity index is 2.03. The van der Waals surface area contributed by atoms with E-state index in [1.54, 1.807) is 0 Å². The molecule has 0 heterocycles. The molecule has 0 saturated carbocycles. The Morgan fingerprint density at radius 2 is 1.33 bits per heavy atom. The second kappa shape index (κ2) is 5.35. The van der Waals surface area contributed by atoms with Gasteiger partial charge in [-0.15, -0.1) is 0 Å². The lowest BCUT2D eigenvalue weighted by atomic mass is 10.2. The van der Waals surface area contributed by atoms with Crippen molar-refractivity contribution in [3.8, 4) is 11.6 Å². The van der Waals surface area contributed by atoms with Crippen LogP contribution < -0.4 is 5.30 Å². The Labute approximate surface area is 92.1 Å². The van der Waals surface area contributed by atoms with E-state index in [2.05, 4.69) is 23.7 Å². The van der Waals surface area contributed by atoms with Crippen LogP contribution >= 0.6 is 8.58 Å². The van der Waals surface area contributed by atoms with Crippen LogP contribution in [0.2, 0.25) is 0 Å². The molecule has 0 aliphatic carbocycles. The van der Waals surface area contributed by atoms with Crippen molar-refractivity contribution in [2.75, 3.05) is 0 Å². The minimum Gasteiger partial charge on any atom is -0.0698 e. The molecule has 72 valence electrons. The van der Waals surface area contributed by atoms with Gasteiger partial charge >= 0.3 is 0 Å². The third kappa shape index (κ3) is 3.24. The average Bonchev–Trinajstić information content (AvgIpc) is 2.32. The van der Waals surface area contributed by atoms with Crippen LogP contribution in [0, 0.1) is 11.6 Å². The van der Waals surface area contributed by atoms with E-state index in [0.717, 1.165) is 5.56 Å². The van der Waals surface area contributed by atoms with E-state index >= 15 is 0 Å². The van der Waals surface area contributed by atoms with E-state index in [-0.39, 0.29) is 0 Å². The number of hydrogen-bond donors (Lipinski definition) is 0. The van der Waals surface area contributed by atoms with Crippen LogP contribution in [0.5, 0.6) is 0 Å². The highest BCUT2D eigenvalue weighted by molar-refractivity contribution is 7.52. The van der Waals surface area contributed by atoms with Crippen molar-refractivity contribution in [2.45, 2.75) is 0 Å². The maximum Gasteiger partial charge on any atom is 0.0248 e. The minimum absolute atomic E-state index is 0.569. The zero-order valence-electron chi connectivity index (χ0n) is 8.27. The lowest BCUT2D eigenvalue weighted by Gasteiger charge is -1.91. The summed E-state index contributed by atoms with van der Waals surface area (Å²) in [6.45, 7) is 0. The van der Waals surface area contributed by atoms with Crippen LogP contribution in [0.1, 0.15) is 5.56 Å². The van der Waals surface area contributed by atoms with E-state index in [1.165, 1.54) is 5.30 Å². The topological polar surface area (TPSA) is 0 Å². The van der Waals surface area contributed by atoms with Crippen molar-refractivity contribution in [1.29, 1.82) is 0 Å². The lowest BCUT2D eigenvalue weighted by molar-refractivity contribution is 1.65. The van der Waals surface area contributed by atoms with E-state index in [9.17, 15) is 0 Å². The summed E-state index contributed by atoms with van der Waals surface area (Å²) in [4.78, 5) is 0. The van der Waals surface area contributed by atoms with Crippen LogP contribution in [0.3, 0.4) is 0 Å². The molecule has 0 saturated heterocycles. The Morgan fingerprint density at radius 3 is 2.00 bits per heavy atom. The first kappa shape index (κ1) is 9.97. The summed E-state index contributed by atoms with van der Waals surface area (Å²) in [7, 11) is 0.569. The predicted molar refractivity (Wildman–Crippen MR) is 67.7 cm³/mol. The van der Waals surface area contributed by atoms with Crippen molar-refractivity contribution >= 4 is 13.9 Å². The van der Waals surface area contributed by atoms with E-state index in [4.69, 9.17) is 0 Å². The largest absolute Gasteiger partial charge is 0.0698 e. The van der Waals surface area contributed by atoms with E-state index in [1.807, 2.05) is 48.5 Å². The molecule has 0 aliphatic heterocycles. The van der Waals surface area contributed by atoms with Gasteiger partial charge in [0.25, 0.3) is 0 Å². The molecule has 1 unspecified atom stereocenters. The van der Waals surface area contributed by atoms with Gasteiger partial charge < -0.3 is 0 Å². The lowest BCUT2D eigenvalue weighted by Crippen LogP contribution is -1.88. The number of benzene rings is 2. The number of rotatable bonds is 1. The van der Waals surface area contributed by atoms with Gasteiger partial charge in [0.05, 0.1) is 0 Å². The van der Waals surface area contributed by atoms with E-state index < -0.39 is 0 Å². The first-order valence-electron chi connectivity index (χ1n) is 4.82. The van der Waals surface area contributed by atoms with Crippen molar-refractivity contribution in [3.05, 3.63) is 66.2 Å². The van der Waals surface area contributed by atoms with Gasteiger partial charge in [-0.3, -0.25) is 0 Å². The molecular formula is C14H11P. The van der Waals surface area contributed by atoms with Crippen LogP contribution in [0.25, 0.3) is 0 Å². The number of hydrogen-bond acceptors (Lipinski definition) is 0. The third-order valence-electron chi connectivity index (χ3n) is 1.96. The fraction of sp³-hybridized carbons (Fsp3) is 0. The molecular weight excluding hydrogens is 199 g/mol. The highest BCUT2D eigenvalue weighted by Crippen LogP contribution is 2.07. The monoisotopic (exact) mass is 210 g/mol. The Morgan fingerprint density at radius 1 is 0.733 bits per heavy atom. The molecule has 0 radical (unpaired) electrons. The molecule has 0 aromatic heterocycles. The summed E-state index contributed by atoms with van der Waals surface area (Å²) in [6.07, 6.45) is 0. The van der Waals surface area contributed by atoms with Gasteiger partial charge in [0.2, 0.25) is 0 Å². The highest BCUT2D eigenvalue weighted by atomic mass is 31.1. The van der Waals surface area contributed by atoms with Gasteiger partial charge in [-0.2, -0.15) is 0 Å². The molecule has 1 atom stereocenters. The molecule has 15 heavy (non-hydrogen) atoms. The van der Waals surface area contributed by atoms with Crippen LogP contribution in [0.4, 0.5) is 0 Å². The Bertz CT molecular complexity index is 463. The third-order valence-corrected chi connectivity index (χ3v) is 2.83. The molecule has 2 rings (SSSR count). The summed E-state index contributed by atoms with van der Waals surface area (Å²) in [5.74, 6) is 3.16. The standard InChI is InChI=1S/C14H11P/c1-3-7-13(8-4-1)11-12-15-14-9-5-2-6-10-14/h1-10,15H. The summed E-state index contributed by atoms with van der Waals surface area (Å²) < 4.78 is 0. The molecule has 0 spiro atoms. The molecule has 0 N–H and O–H groups in total. The quantitative estimate of drug-likeness (QED) is 0.501. The summed E-state index contributed by atoms with van der Waals surface area (Å²) in [5.41, 5.74) is 4.28. The Hall–Kier alpha value is -1.57. The van der Waals surface area contributed by atoms with Crippen molar-refractivity contribution < 1.29 is 0 Å². The first-order valence-corrected chi connectivity index (χ1v) is 5.82. The van der Waals surface area contributed by atoms with Gasteiger partial charge in [-0.1, -0.05) is 60.1 Å². The van der Waals surface area contributed by atoms with Gasteiger partial charge in [0.1, 0.15) is 0 Å². The molecule has 2 aromatic carbocycles. The smallest absolute Gasteiger partial charge is 0.0248 e. The van der Waals surface area contributed by atoms with Gasteiger partial charge in [0, 0.05) is 5.56 Å². The molecule has 0 nitrogen and oxygen atoms in total. The highest BCUT2D eigenvalue weighted by Gasteiger charge is 1.85. The van der Waals surface area contributed by atoms with Crippen LogP contribution in [-0.4, -0.2) is 0 Å². The summed E-state index contributed by atoms with van der Waals surface area (Å²) >= 11 is 0. The van der Waals surface area contributed by atoms with Crippen molar-refractivity contribution in [2.24, 2.45) is 0 Å². The molecule has 0 aliphatic rings. The molecule has 0 bridgehead atoms. The first-order chi connectivity index (χ1) is 7.45. The zero-order chi connectivity index (χ0) is 10.3. The Kier molecular flexibility index (Phi) is 3.55.